The third-order valence-corrected chi connectivity index (χ3v) is 3.66. The quantitative estimate of drug-likeness (QED) is 0.759. The number of hydrogen-bond donors (Lipinski definition) is 2. The molecule has 0 atom stereocenters. The predicted molar refractivity (Wildman–Crippen MR) is 87.3 cm³/mol. The molecule has 0 saturated carbocycles. The van der Waals surface area contributed by atoms with Crippen LogP contribution < -0.4 is 10.1 Å². The number of halogens is 1. The van der Waals surface area contributed by atoms with Gasteiger partial charge >= 0.3 is 0 Å². The number of nitrogens with one attached hydrogen (secondary N) is 2. The van der Waals surface area contributed by atoms with Crippen molar-refractivity contribution in [3.63, 3.8) is 0 Å². The molecular formula is C18H17FN2O2. The Balaban J connectivity index is 1.64. The summed E-state index contributed by atoms with van der Waals surface area (Å²) in [7, 11) is 1.60. The number of fused-ring (bicyclic) bond motifs is 1. The molecule has 0 aliphatic rings. The summed E-state index contributed by atoms with van der Waals surface area (Å²) in [4.78, 5) is 15.3. The predicted octanol–water partition coefficient (Wildman–Crippen LogP) is 3.29. The second-order valence-corrected chi connectivity index (χ2v) is 5.27. The maximum atomic E-state index is 13.1. The first-order valence-electron chi connectivity index (χ1n) is 7.35. The van der Waals surface area contributed by atoms with Gasteiger partial charge in [-0.3, -0.25) is 4.79 Å². The summed E-state index contributed by atoms with van der Waals surface area (Å²) in [5.41, 5.74) is 2.19. The van der Waals surface area contributed by atoms with Gasteiger partial charge in [-0.2, -0.15) is 0 Å². The summed E-state index contributed by atoms with van der Waals surface area (Å²) in [6.45, 7) is 0.445. The summed E-state index contributed by atoms with van der Waals surface area (Å²) >= 11 is 0. The molecule has 0 fully saturated rings. The molecule has 0 unspecified atom stereocenters. The second-order valence-electron chi connectivity index (χ2n) is 5.27. The highest BCUT2D eigenvalue weighted by Gasteiger charge is 2.09. The fraction of sp³-hybridized carbons (Fsp3) is 0.167. The molecule has 1 amide bonds. The van der Waals surface area contributed by atoms with Gasteiger partial charge in [-0.15, -0.1) is 0 Å². The fourth-order valence-electron chi connectivity index (χ4n) is 2.46. The number of aromatic nitrogens is 1. The summed E-state index contributed by atoms with van der Waals surface area (Å²) in [6.07, 6.45) is 0.581. The number of ether oxygens (including phenoxy) is 1. The fourth-order valence-corrected chi connectivity index (χ4v) is 2.46. The van der Waals surface area contributed by atoms with E-state index in [0.717, 1.165) is 22.2 Å². The molecule has 0 spiro atoms. The molecule has 0 saturated heterocycles. The molecule has 0 aliphatic carbocycles. The van der Waals surface area contributed by atoms with Crippen LogP contribution in [0.15, 0.2) is 48.5 Å². The second kappa shape index (κ2) is 6.52. The lowest BCUT2D eigenvalue weighted by Gasteiger charge is -2.04. The minimum absolute atomic E-state index is 0.184. The minimum atomic E-state index is -0.265. The van der Waals surface area contributed by atoms with Crippen LogP contribution in [0, 0.1) is 5.82 Å². The van der Waals surface area contributed by atoms with Crippen molar-refractivity contribution in [1.29, 1.82) is 0 Å². The normalized spacial score (nSPS) is 10.7. The third kappa shape index (κ3) is 3.51. The van der Waals surface area contributed by atoms with Gasteiger partial charge in [-0.05, 0) is 42.3 Å². The van der Waals surface area contributed by atoms with Crippen molar-refractivity contribution in [3.05, 3.63) is 65.6 Å². The maximum absolute atomic E-state index is 13.1. The van der Waals surface area contributed by atoms with Crippen LogP contribution in [0.25, 0.3) is 10.9 Å². The molecule has 1 heterocycles. The number of rotatable bonds is 5. The van der Waals surface area contributed by atoms with Crippen LogP contribution in [-0.2, 0) is 6.42 Å². The van der Waals surface area contributed by atoms with Crippen LogP contribution >= 0.6 is 0 Å². The van der Waals surface area contributed by atoms with E-state index in [4.69, 9.17) is 4.74 Å². The van der Waals surface area contributed by atoms with E-state index in [1.165, 1.54) is 12.1 Å². The first kappa shape index (κ1) is 15.1. The van der Waals surface area contributed by atoms with Crippen LogP contribution in [0.2, 0.25) is 0 Å². The van der Waals surface area contributed by atoms with Gasteiger partial charge in [0, 0.05) is 23.5 Å². The van der Waals surface area contributed by atoms with Crippen molar-refractivity contribution in [1.82, 2.24) is 10.3 Å². The number of hydrogen-bond acceptors (Lipinski definition) is 2. The standard InChI is InChI=1S/C18H17FN2O2/c1-23-15-6-5-13-10-17(21-16(13)11-15)18(22)20-8-7-12-3-2-4-14(19)9-12/h2-6,9-11,21H,7-8H2,1H3,(H,20,22). The van der Waals surface area contributed by atoms with Crippen molar-refractivity contribution in [2.45, 2.75) is 6.42 Å². The molecule has 118 valence electrons. The van der Waals surface area contributed by atoms with Crippen LogP contribution in [0.4, 0.5) is 4.39 Å². The third-order valence-electron chi connectivity index (χ3n) is 3.66. The zero-order valence-corrected chi connectivity index (χ0v) is 12.7. The Morgan fingerprint density at radius 2 is 2.09 bits per heavy atom. The number of carbonyl (C=O) groups excluding carboxylic acids is 1. The summed E-state index contributed by atoms with van der Waals surface area (Å²) in [6, 6.07) is 13.8. The SMILES string of the molecule is COc1ccc2cc(C(=O)NCCc3cccc(F)c3)[nH]c2c1. The molecule has 3 rings (SSSR count). The lowest BCUT2D eigenvalue weighted by atomic mass is 10.1. The average molecular weight is 312 g/mol. The Labute approximate surface area is 133 Å². The highest BCUT2D eigenvalue weighted by atomic mass is 19.1. The maximum Gasteiger partial charge on any atom is 0.267 e. The Hall–Kier alpha value is -2.82. The summed E-state index contributed by atoms with van der Waals surface area (Å²) in [5, 5.41) is 3.78. The van der Waals surface area contributed by atoms with Crippen LogP contribution in [-0.4, -0.2) is 24.5 Å². The van der Waals surface area contributed by atoms with Crippen molar-refractivity contribution in [2.24, 2.45) is 0 Å². The van der Waals surface area contributed by atoms with E-state index < -0.39 is 0 Å². The first-order valence-corrected chi connectivity index (χ1v) is 7.35. The van der Waals surface area contributed by atoms with Gasteiger partial charge in [0.05, 0.1) is 7.11 Å². The van der Waals surface area contributed by atoms with Gasteiger partial charge in [0.25, 0.3) is 5.91 Å². The molecule has 23 heavy (non-hydrogen) atoms. The topological polar surface area (TPSA) is 54.1 Å². The summed E-state index contributed by atoms with van der Waals surface area (Å²) < 4.78 is 18.3. The number of aromatic amines is 1. The smallest absolute Gasteiger partial charge is 0.267 e. The molecule has 1 aromatic heterocycles. The molecule has 3 aromatic rings. The Bertz CT molecular complexity index is 842. The number of carbonyl (C=O) groups is 1. The van der Waals surface area contributed by atoms with Crippen LogP contribution in [0.1, 0.15) is 16.1 Å². The Kier molecular flexibility index (Phi) is 4.28. The molecule has 2 aromatic carbocycles. The highest BCUT2D eigenvalue weighted by Crippen LogP contribution is 2.21. The van der Waals surface area contributed by atoms with Gasteiger partial charge in [-0.1, -0.05) is 12.1 Å². The van der Waals surface area contributed by atoms with Gasteiger partial charge in [0.2, 0.25) is 0 Å². The van der Waals surface area contributed by atoms with Gasteiger partial charge in [0.1, 0.15) is 17.3 Å². The average Bonchev–Trinajstić information content (AvgIpc) is 2.98. The van der Waals surface area contributed by atoms with Gasteiger partial charge in [0.15, 0.2) is 0 Å². The monoisotopic (exact) mass is 312 g/mol. The van der Waals surface area contributed by atoms with E-state index in [2.05, 4.69) is 10.3 Å². The van der Waals surface area contributed by atoms with Crippen LogP contribution in [0.5, 0.6) is 5.75 Å². The van der Waals surface area contributed by atoms with E-state index in [1.807, 2.05) is 24.3 Å². The summed E-state index contributed by atoms with van der Waals surface area (Å²) in [5.74, 6) is 0.285. The van der Waals surface area contributed by atoms with E-state index in [0.29, 0.717) is 18.7 Å². The van der Waals surface area contributed by atoms with Crippen molar-refractivity contribution >= 4 is 16.8 Å². The lowest BCUT2D eigenvalue weighted by molar-refractivity contribution is 0.0950. The zero-order chi connectivity index (χ0) is 16.2. The molecule has 0 radical (unpaired) electrons. The zero-order valence-electron chi connectivity index (χ0n) is 12.7. The van der Waals surface area contributed by atoms with Crippen molar-refractivity contribution < 1.29 is 13.9 Å². The molecule has 4 nitrogen and oxygen atoms in total. The molecule has 2 N–H and O–H groups in total. The van der Waals surface area contributed by atoms with Gasteiger partial charge in [-0.25, -0.2) is 4.39 Å². The Morgan fingerprint density at radius 1 is 1.22 bits per heavy atom. The van der Waals surface area contributed by atoms with E-state index in [-0.39, 0.29) is 11.7 Å². The largest absolute Gasteiger partial charge is 0.497 e. The van der Waals surface area contributed by atoms with Crippen LogP contribution in [0.3, 0.4) is 0 Å². The molecule has 5 heteroatoms. The molecule has 0 aliphatic heterocycles. The van der Waals surface area contributed by atoms with Gasteiger partial charge < -0.3 is 15.0 Å². The Morgan fingerprint density at radius 3 is 2.87 bits per heavy atom. The number of methoxy groups -OCH3 is 1. The van der Waals surface area contributed by atoms with E-state index >= 15 is 0 Å². The minimum Gasteiger partial charge on any atom is -0.497 e. The first-order chi connectivity index (χ1) is 11.2. The highest BCUT2D eigenvalue weighted by molar-refractivity contribution is 5.98. The van der Waals surface area contributed by atoms with Crippen molar-refractivity contribution in [3.8, 4) is 5.75 Å². The number of H-pyrrole nitrogens is 1. The van der Waals surface area contributed by atoms with Crippen molar-refractivity contribution in [2.75, 3.05) is 13.7 Å². The van der Waals surface area contributed by atoms with E-state index in [9.17, 15) is 9.18 Å². The molecule has 0 bridgehead atoms. The lowest BCUT2D eigenvalue weighted by Crippen LogP contribution is -2.25. The number of benzene rings is 2. The number of amides is 1. The van der Waals surface area contributed by atoms with E-state index in [1.54, 1.807) is 19.2 Å². The molecular weight excluding hydrogens is 295 g/mol.